The summed E-state index contributed by atoms with van der Waals surface area (Å²) in [5.74, 6) is 0. The van der Waals surface area contributed by atoms with Gasteiger partial charge >= 0.3 is 0 Å². The first kappa shape index (κ1) is 9.37. The number of hydrogen-bond acceptors (Lipinski definition) is 2. The van der Waals surface area contributed by atoms with E-state index in [1.54, 1.807) is 12.3 Å². The average molecular weight is 140 g/mol. The first-order valence-corrected chi connectivity index (χ1v) is 3.65. The molecule has 0 aliphatic carbocycles. The molecule has 10 heavy (non-hydrogen) atoms. The van der Waals surface area contributed by atoms with E-state index in [9.17, 15) is 0 Å². The maximum Gasteiger partial charge on any atom is 0.0540 e. The van der Waals surface area contributed by atoms with Crippen molar-refractivity contribution < 1.29 is 0 Å². The van der Waals surface area contributed by atoms with Crippen LogP contribution < -0.4 is 5.32 Å². The minimum atomic E-state index is 0.473. The first-order chi connectivity index (χ1) is 4.81. The van der Waals surface area contributed by atoms with Crippen LogP contribution in [0.4, 0.5) is 0 Å². The molecule has 1 atom stereocenters. The van der Waals surface area contributed by atoms with Gasteiger partial charge < -0.3 is 5.32 Å². The second kappa shape index (κ2) is 6.49. The van der Waals surface area contributed by atoms with Crippen molar-refractivity contribution >= 4 is 6.21 Å². The van der Waals surface area contributed by atoms with E-state index in [4.69, 9.17) is 0 Å². The Bertz CT molecular complexity index is 108. The van der Waals surface area contributed by atoms with Crippen LogP contribution in [0.25, 0.3) is 0 Å². The Kier molecular flexibility index (Phi) is 6.08. The third-order valence-corrected chi connectivity index (χ3v) is 1.14. The summed E-state index contributed by atoms with van der Waals surface area (Å²) < 4.78 is 0. The fourth-order valence-corrected chi connectivity index (χ4v) is 0.707. The molecular formula is C8H16N2. The summed E-state index contributed by atoms with van der Waals surface area (Å²) in [6.07, 6.45) is 3.42. The lowest BCUT2D eigenvalue weighted by Crippen LogP contribution is -2.28. The topological polar surface area (TPSA) is 24.4 Å². The Balaban J connectivity index is 3.28. The van der Waals surface area contributed by atoms with Gasteiger partial charge in [-0.2, -0.15) is 0 Å². The number of allylic oxidation sites excluding steroid dienone is 1. The van der Waals surface area contributed by atoms with Crippen molar-refractivity contribution in [2.45, 2.75) is 19.9 Å². The Morgan fingerprint density at radius 1 is 1.70 bits per heavy atom. The highest BCUT2D eigenvalue weighted by molar-refractivity contribution is 5.69. The Hall–Kier alpha value is -0.630. The normalized spacial score (nSPS) is 13.8. The van der Waals surface area contributed by atoms with Crippen LogP contribution in [-0.2, 0) is 0 Å². The summed E-state index contributed by atoms with van der Waals surface area (Å²) >= 11 is 0. The van der Waals surface area contributed by atoms with Crippen LogP contribution in [0.15, 0.2) is 17.6 Å². The molecule has 2 heteroatoms. The van der Waals surface area contributed by atoms with Crippen molar-refractivity contribution in [1.29, 1.82) is 0 Å². The molecule has 0 aliphatic rings. The zero-order chi connectivity index (χ0) is 7.82. The van der Waals surface area contributed by atoms with Gasteiger partial charge in [-0.15, -0.1) is 0 Å². The molecule has 2 nitrogen and oxygen atoms in total. The van der Waals surface area contributed by atoms with Crippen LogP contribution in [0.5, 0.6) is 0 Å². The lowest BCUT2D eigenvalue weighted by atomic mass is 10.3. The van der Waals surface area contributed by atoms with Crippen LogP contribution in [0.3, 0.4) is 0 Å². The average Bonchev–Trinajstić information content (AvgIpc) is 1.89. The maximum atomic E-state index is 4.10. The van der Waals surface area contributed by atoms with Gasteiger partial charge in [0.2, 0.25) is 0 Å². The standard InChI is InChI=1S/C8H16N2/c1-4-6-9-7-8(3)10-5-2/h4,6,8,10H,1,5,7H2,2-3H3. The van der Waals surface area contributed by atoms with E-state index >= 15 is 0 Å². The van der Waals surface area contributed by atoms with Gasteiger partial charge in [0.25, 0.3) is 0 Å². The second-order valence-corrected chi connectivity index (χ2v) is 2.21. The predicted molar refractivity (Wildman–Crippen MR) is 46.7 cm³/mol. The molecule has 0 aromatic carbocycles. The number of nitrogens with one attached hydrogen (secondary N) is 1. The Morgan fingerprint density at radius 3 is 2.90 bits per heavy atom. The fraction of sp³-hybridized carbons (Fsp3) is 0.625. The second-order valence-electron chi connectivity index (χ2n) is 2.21. The number of aliphatic imine (C=N–C) groups is 1. The first-order valence-electron chi connectivity index (χ1n) is 3.65. The molecule has 0 saturated heterocycles. The smallest absolute Gasteiger partial charge is 0.0540 e. The summed E-state index contributed by atoms with van der Waals surface area (Å²) in [6.45, 7) is 9.58. The van der Waals surface area contributed by atoms with E-state index in [0.717, 1.165) is 13.1 Å². The number of hydrogen-bond donors (Lipinski definition) is 1. The summed E-state index contributed by atoms with van der Waals surface area (Å²) in [5.41, 5.74) is 0. The largest absolute Gasteiger partial charge is 0.313 e. The summed E-state index contributed by atoms with van der Waals surface area (Å²) in [4.78, 5) is 4.10. The molecule has 0 heterocycles. The Morgan fingerprint density at radius 2 is 2.40 bits per heavy atom. The lowest BCUT2D eigenvalue weighted by molar-refractivity contribution is 0.578. The molecule has 1 unspecified atom stereocenters. The van der Waals surface area contributed by atoms with Gasteiger partial charge in [-0.3, -0.25) is 4.99 Å². The molecule has 0 rings (SSSR count). The highest BCUT2D eigenvalue weighted by Crippen LogP contribution is 1.80. The van der Waals surface area contributed by atoms with Gasteiger partial charge in [0.15, 0.2) is 0 Å². The van der Waals surface area contributed by atoms with Gasteiger partial charge in [0, 0.05) is 12.3 Å². The maximum absolute atomic E-state index is 4.10. The van der Waals surface area contributed by atoms with Crippen molar-refractivity contribution in [3.63, 3.8) is 0 Å². The fourth-order valence-electron chi connectivity index (χ4n) is 0.707. The monoisotopic (exact) mass is 140 g/mol. The molecule has 0 spiro atoms. The lowest BCUT2D eigenvalue weighted by Gasteiger charge is -2.07. The molecular weight excluding hydrogens is 124 g/mol. The zero-order valence-electron chi connectivity index (χ0n) is 6.80. The molecule has 0 radical (unpaired) electrons. The minimum absolute atomic E-state index is 0.473. The summed E-state index contributed by atoms with van der Waals surface area (Å²) in [5, 5.41) is 3.26. The quantitative estimate of drug-likeness (QED) is 0.571. The molecule has 0 saturated carbocycles. The number of likely N-dealkylation sites (N-methyl/N-ethyl adjacent to an activating group) is 1. The van der Waals surface area contributed by atoms with E-state index in [1.165, 1.54) is 0 Å². The van der Waals surface area contributed by atoms with Crippen LogP contribution in [0.2, 0.25) is 0 Å². The molecule has 0 aliphatic heterocycles. The van der Waals surface area contributed by atoms with Crippen molar-refractivity contribution in [2.75, 3.05) is 13.1 Å². The number of rotatable bonds is 5. The van der Waals surface area contributed by atoms with E-state index in [2.05, 4.69) is 30.7 Å². The van der Waals surface area contributed by atoms with E-state index in [0.29, 0.717) is 6.04 Å². The van der Waals surface area contributed by atoms with Crippen LogP contribution in [0, 0.1) is 0 Å². The predicted octanol–water partition coefficient (Wildman–Crippen LogP) is 1.24. The van der Waals surface area contributed by atoms with Crippen molar-refractivity contribution in [3.8, 4) is 0 Å². The van der Waals surface area contributed by atoms with Crippen LogP contribution >= 0.6 is 0 Å². The van der Waals surface area contributed by atoms with Crippen molar-refractivity contribution in [2.24, 2.45) is 4.99 Å². The molecule has 1 N–H and O–H groups in total. The third-order valence-electron chi connectivity index (χ3n) is 1.14. The molecule has 0 fully saturated rings. The van der Waals surface area contributed by atoms with Gasteiger partial charge in [-0.1, -0.05) is 19.6 Å². The Labute approximate surface area is 63.0 Å². The highest BCUT2D eigenvalue weighted by Gasteiger charge is 1.93. The van der Waals surface area contributed by atoms with Crippen molar-refractivity contribution in [3.05, 3.63) is 12.7 Å². The van der Waals surface area contributed by atoms with Gasteiger partial charge in [0.1, 0.15) is 0 Å². The van der Waals surface area contributed by atoms with E-state index < -0.39 is 0 Å². The van der Waals surface area contributed by atoms with Gasteiger partial charge in [-0.05, 0) is 13.5 Å². The minimum Gasteiger partial charge on any atom is -0.313 e. The molecule has 0 amide bonds. The number of nitrogens with zero attached hydrogens (tertiary/aromatic N) is 1. The third kappa shape index (κ3) is 5.51. The van der Waals surface area contributed by atoms with Crippen LogP contribution in [0.1, 0.15) is 13.8 Å². The summed E-state index contributed by atoms with van der Waals surface area (Å²) in [7, 11) is 0. The van der Waals surface area contributed by atoms with E-state index in [1.807, 2.05) is 0 Å². The molecule has 0 aromatic rings. The van der Waals surface area contributed by atoms with Gasteiger partial charge in [0.05, 0.1) is 6.54 Å². The SMILES string of the molecule is C=CC=NCC(C)NCC. The van der Waals surface area contributed by atoms with Crippen molar-refractivity contribution in [1.82, 2.24) is 5.32 Å². The van der Waals surface area contributed by atoms with Gasteiger partial charge in [-0.25, -0.2) is 0 Å². The molecule has 0 bridgehead atoms. The van der Waals surface area contributed by atoms with Crippen LogP contribution in [-0.4, -0.2) is 25.3 Å². The summed E-state index contributed by atoms with van der Waals surface area (Å²) in [6, 6.07) is 0.473. The van der Waals surface area contributed by atoms with E-state index in [-0.39, 0.29) is 0 Å². The molecule has 0 aromatic heterocycles. The highest BCUT2D eigenvalue weighted by atomic mass is 14.9. The molecule has 58 valence electrons. The zero-order valence-corrected chi connectivity index (χ0v) is 6.80.